The summed E-state index contributed by atoms with van der Waals surface area (Å²) in [5.74, 6) is 0. The number of ether oxygens (including phenoxy) is 3. The van der Waals surface area contributed by atoms with E-state index in [2.05, 4.69) is 0 Å². The predicted octanol–water partition coefficient (Wildman–Crippen LogP) is 2.43. The topological polar surface area (TPSA) is 27.7 Å². The van der Waals surface area contributed by atoms with Gasteiger partial charge in [0.1, 0.15) is 0 Å². The van der Waals surface area contributed by atoms with Crippen molar-refractivity contribution in [2.45, 2.75) is 45.7 Å². The van der Waals surface area contributed by atoms with Crippen LogP contribution in [0.3, 0.4) is 0 Å². The number of rotatable bonds is 4. The molecule has 0 N–H and O–H groups in total. The summed E-state index contributed by atoms with van der Waals surface area (Å²) in [6.07, 6.45) is 6.35. The zero-order valence-corrected chi connectivity index (χ0v) is 8.36. The van der Waals surface area contributed by atoms with Crippen LogP contribution in [0.1, 0.15) is 33.1 Å². The first-order chi connectivity index (χ1) is 6.36. The molecular formula is C10H18O3. The van der Waals surface area contributed by atoms with Crippen molar-refractivity contribution in [1.82, 2.24) is 0 Å². The van der Waals surface area contributed by atoms with Gasteiger partial charge in [0, 0.05) is 13.0 Å². The summed E-state index contributed by atoms with van der Waals surface area (Å²) in [5.41, 5.74) is 0. The average molecular weight is 186 g/mol. The first-order valence-electron chi connectivity index (χ1n) is 4.90. The summed E-state index contributed by atoms with van der Waals surface area (Å²) < 4.78 is 16.2. The van der Waals surface area contributed by atoms with E-state index in [1.165, 1.54) is 0 Å². The Morgan fingerprint density at radius 3 is 2.85 bits per heavy atom. The monoisotopic (exact) mass is 186 g/mol. The Balaban J connectivity index is 2.24. The lowest BCUT2D eigenvalue weighted by molar-refractivity contribution is -0.251. The molecular weight excluding hydrogens is 168 g/mol. The normalized spacial score (nSPS) is 29.4. The Kier molecular flexibility index (Phi) is 4.86. The van der Waals surface area contributed by atoms with Crippen molar-refractivity contribution < 1.29 is 14.2 Å². The second-order valence-corrected chi connectivity index (χ2v) is 2.99. The minimum atomic E-state index is -0.124. The Morgan fingerprint density at radius 1 is 1.38 bits per heavy atom. The van der Waals surface area contributed by atoms with Gasteiger partial charge in [-0.1, -0.05) is 6.08 Å². The molecule has 3 nitrogen and oxygen atoms in total. The highest BCUT2D eigenvalue weighted by Crippen LogP contribution is 2.20. The van der Waals surface area contributed by atoms with E-state index in [9.17, 15) is 0 Å². The average Bonchev–Trinajstić information content (AvgIpc) is 2.16. The van der Waals surface area contributed by atoms with E-state index in [4.69, 9.17) is 14.2 Å². The van der Waals surface area contributed by atoms with Crippen LogP contribution in [-0.2, 0) is 14.2 Å². The minimum absolute atomic E-state index is 0.0750. The number of hydrogen-bond donors (Lipinski definition) is 0. The molecule has 0 spiro atoms. The van der Waals surface area contributed by atoms with Crippen molar-refractivity contribution in [3.8, 4) is 0 Å². The molecule has 0 saturated carbocycles. The van der Waals surface area contributed by atoms with Crippen molar-refractivity contribution in [2.75, 3.05) is 6.61 Å². The maximum Gasteiger partial charge on any atom is 0.201 e. The smallest absolute Gasteiger partial charge is 0.201 e. The highest BCUT2D eigenvalue weighted by atomic mass is 16.8. The van der Waals surface area contributed by atoms with E-state index in [-0.39, 0.29) is 12.6 Å². The summed E-state index contributed by atoms with van der Waals surface area (Å²) in [7, 11) is 0. The fourth-order valence-electron chi connectivity index (χ4n) is 1.33. The summed E-state index contributed by atoms with van der Waals surface area (Å²) in [6, 6.07) is 0. The largest absolute Gasteiger partial charge is 0.473 e. The van der Waals surface area contributed by atoms with Crippen molar-refractivity contribution in [3.63, 3.8) is 0 Å². The van der Waals surface area contributed by atoms with Gasteiger partial charge in [-0.15, -0.1) is 0 Å². The van der Waals surface area contributed by atoms with Crippen LogP contribution < -0.4 is 0 Å². The van der Waals surface area contributed by atoms with Crippen LogP contribution in [0.4, 0.5) is 0 Å². The van der Waals surface area contributed by atoms with Gasteiger partial charge in [-0.25, -0.2) is 0 Å². The second-order valence-electron chi connectivity index (χ2n) is 2.99. The van der Waals surface area contributed by atoms with E-state index < -0.39 is 0 Å². The molecule has 1 rings (SSSR count). The Labute approximate surface area is 79.7 Å². The molecule has 2 unspecified atom stereocenters. The van der Waals surface area contributed by atoms with Crippen LogP contribution >= 0.6 is 0 Å². The SMILES string of the molecule is C/C=C/OC1CCCC(OCC)O1. The van der Waals surface area contributed by atoms with Gasteiger partial charge in [0.25, 0.3) is 0 Å². The third kappa shape index (κ3) is 3.79. The van der Waals surface area contributed by atoms with Gasteiger partial charge in [-0.05, 0) is 26.7 Å². The lowest BCUT2D eigenvalue weighted by atomic mass is 10.2. The van der Waals surface area contributed by atoms with Gasteiger partial charge < -0.3 is 14.2 Å². The highest BCUT2D eigenvalue weighted by Gasteiger charge is 2.22. The Hall–Kier alpha value is -0.540. The van der Waals surface area contributed by atoms with Crippen LogP contribution in [0, 0.1) is 0 Å². The van der Waals surface area contributed by atoms with Crippen molar-refractivity contribution in [2.24, 2.45) is 0 Å². The summed E-state index contributed by atoms with van der Waals surface area (Å²) in [5, 5.41) is 0. The van der Waals surface area contributed by atoms with E-state index in [0.29, 0.717) is 6.61 Å². The molecule has 3 heteroatoms. The fourth-order valence-corrected chi connectivity index (χ4v) is 1.33. The summed E-state index contributed by atoms with van der Waals surface area (Å²) >= 11 is 0. The summed E-state index contributed by atoms with van der Waals surface area (Å²) in [4.78, 5) is 0. The molecule has 0 aliphatic carbocycles. The van der Waals surface area contributed by atoms with Crippen LogP contribution in [-0.4, -0.2) is 19.2 Å². The molecule has 0 amide bonds. The quantitative estimate of drug-likeness (QED) is 0.631. The molecule has 1 saturated heterocycles. The van der Waals surface area contributed by atoms with Gasteiger partial charge in [-0.3, -0.25) is 0 Å². The van der Waals surface area contributed by atoms with Crippen LogP contribution in [0.2, 0.25) is 0 Å². The molecule has 2 atom stereocenters. The molecule has 1 fully saturated rings. The number of hydrogen-bond acceptors (Lipinski definition) is 3. The molecule has 13 heavy (non-hydrogen) atoms. The van der Waals surface area contributed by atoms with Gasteiger partial charge in [0.15, 0.2) is 6.29 Å². The zero-order chi connectivity index (χ0) is 9.52. The molecule has 1 aliphatic heterocycles. The Bertz CT molecular complexity index is 154. The van der Waals surface area contributed by atoms with E-state index in [1.807, 2.05) is 19.9 Å². The van der Waals surface area contributed by atoms with Crippen molar-refractivity contribution in [3.05, 3.63) is 12.3 Å². The highest BCUT2D eigenvalue weighted by molar-refractivity contribution is 4.68. The maximum absolute atomic E-state index is 5.53. The predicted molar refractivity (Wildman–Crippen MR) is 50.0 cm³/mol. The van der Waals surface area contributed by atoms with Gasteiger partial charge >= 0.3 is 0 Å². The zero-order valence-electron chi connectivity index (χ0n) is 8.36. The fraction of sp³-hybridized carbons (Fsp3) is 0.800. The molecule has 1 heterocycles. The molecule has 1 aliphatic rings. The van der Waals surface area contributed by atoms with Gasteiger partial charge in [-0.2, -0.15) is 0 Å². The Morgan fingerprint density at radius 2 is 2.15 bits per heavy atom. The minimum Gasteiger partial charge on any atom is -0.473 e. The van der Waals surface area contributed by atoms with Crippen molar-refractivity contribution in [1.29, 1.82) is 0 Å². The lowest BCUT2D eigenvalue weighted by Crippen LogP contribution is -2.30. The van der Waals surface area contributed by atoms with E-state index >= 15 is 0 Å². The van der Waals surface area contributed by atoms with Crippen LogP contribution in [0.5, 0.6) is 0 Å². The number of allylic oxidation sites excluding steroid dienone is 1. The molecule has 0 radical (unpaired) electrons. The molecule has 0 aromatic heterocycles. The molecule has 0 aromatic rings. The molecule has 0 bridgehead atoms. The van der Waals surface area contributed by atoms with Crippen molar-refractivity contribution >= 4 is 0 Å². The maximum atomic E-state index is 5.53. The van der Waals surface area contributed by atoms with E-state index in [0.717, 1.165) is 19.3 Å². The lowest BCUT2D eigenvalue weighted by Gasteiger charge is -2.28. The first kappa shape index (κ1) is 10.5. The van der Waals surface area contributed by atoms with E-state index in [1.54, 1.807) is 6.26 Å². The third-order valence-electron chi connectivity index (χ3n) is 1.90. The molecule has 76 valence electrons. The third-order valence-corrected chi connectivity index (χ3v) is 1.90. The summed E-state index contributed by atoms with van der Waals surface area (Å²) in [6.45, 7) is 4.59. The second kappa shape index (κ2) is 6.00. The van der Waals surface area contributed by atoms with Gasteiger partial charge in [0.05, 0.1) is 6.26 Å². The van der Waals surface area contributed by atoms with Crippen LogP contribution in [0.25, 0.3) is 0 Å². The molecule has 0 aromatic carbocycles. The van der Waals surface area contributed by atoms with Gasteiger partial charge in [0.2, 0.25) is 6.29 Å². The van der Waals surface area contributed by atoms with Crippen LogP contribution in [0.15, 0.2) is 12.3 Å². The first-order valence-corrected chi connectivity index (χ1v) is 4.90. The standard InChI is InChI=1S/C10H18O3/c1-3-8-12-10-7-5-6-9(13-10)11-4-2/h3,8-10H,4-7H2,1-2H3/b8-3+.